The maximum atomic E-state index is 6.27. The fraction of sp³-hybridized carbons (Fsp3) is 0.500. The summed E-state index contributed by atoms with van der Waals surface area (Å²) >= 11 is 6.27. The second-order valence-electron chi connectivity index (χ2n) is 5.70. The maximum Gasteiger partial charge on any atom is 0.153 e. The summed E-state index contributed by atoms with van der Waals surface area (Å²) in [6.07, 6.45) is 0. The lowest BCUT2D eigenvalue weighted by Crippen LogP contribution is -2.16. The van der Waals surface area contributed by atoms with Gasteiger partial charge in [-0.25, -0.2) is 0 Å². The number of rotatable bonds is 6. The van der Waals surface area contributed by atoms with Gasteiger partial charge in [-0.2, -0.15) is 0 Å². The van der Waals surface area contributed by atoms with Crippen LogP contribution in [0.3, 0.4) is 0 Å². The van der Waals surface area contributed by atoms with Gasteiger partial charge in [-0.1, -0.05) is 37.2 Å². The van der Waals surface area contributed by atoms with Gasteiger partial charge in [0.2, 0.25) is 0 Å². The monoisotopic (exact) mass is 342 g/mol. The van der Waals surface area contributed by atoms with Crippen LogP contribution in [-0.2, 0) is 16.1 Å². The van der Waals surface area contributed by atoms with E-state index in [0.29, 0.717) is 28.7 Å². The normalized spacial score (nSPS) is 10.9. The number of benzene rings is 1. The van der Waals surface area contributed by atoms with Gasteiger partial charge in [0.1, 0.15) is 20.6 Å². The van der Waals surface area contributed by atoms with E-state index in [1.165, 1.54) is 0 Å². The van der Waals surface area contributed by atoms with Crippen molar-refractivity contribution in [1.82, 2.24) is 0 Å². The van der Waals surface area contributed by atoms with Crippen LogP contribution >= 0.6 is 11.6 Å². The molecule has 0 aliphatic carbocycles. The van der Waals surface area contributed by atoms with E-state index in [2.05, 4.69) is 31.1 Å². The molecule has 0 aromatic heterocycles. The van der Waals surface area contributed by atoms with E-state index in [1.54, 1.807) is 27.4 Å². The van der Waals surface area contributed by atoms with Crippen molar-refractivity contribution in [2.24, 2.45) is 0 Å². The highest BCUT2D eigenvalue weighted by molar-refractivity contribution is 6.83. The SMILES string of the molecule is COCOCc1c(OC)cc(Cl)c(OC)c1C#C[Si](C)(C)C. The number of hydrogen-bond acceptors (Lipinski definition) is 4. The third kappa shape index (κ3) is 5.22. The molecule has 1 aromatic carbocycles. The van der Waals surface area contributed by atoms with Gasteiger partial charge in [-0.15, -0.1) is 5.54 Å². The summed E-state index contributed by atoms with van der Waals surface area (Å²) in [5, 5.41) is 0.467. The standard InChI is InChI=1S/C16H23ClO4Si/c1-18-11-21-10-13-12(7-8-22(4,5)6)16(20-3)14(17)9-15(13)19-2/h9H,10-11H2,1-6H3. The fourth-order valence-electron chi connectivity index (χ4n) is 1.78. The minimum absolute atomic E-state index is 0.189. The highest BCUT2D eigenvalue weighted by Gasteiger charge is 2.18. The first kappa shape index (κ1) is 18.9. The molecule has 0 atom stereocenters. The predicted octanol–water partition coefficient (Wildman–Crippen LogP) is 3.71. The summed E-state index contributed by atoms with van der Waals surface area (Å²) in [4.78, 5) is 0. The number of methoxy groups -OCH3 is 3. The van der Waals surface area contributed by atoms with Crippen molar-refractivity contribution in [3.63, 3.8) is 0 Å². The van der Waals surface area contributed by atoms with E-state index < -0.39 is 8.07 Å². The van der Waals surface area contributed by atoms with Crippen LogP contribution < -0.4 is 9.47 Å². The third-order valence-corrected chi connectivity index (χ3v) is 3.89. The maximum absolute atomic E-state index is 6.27. The molecule has 4 nitrogen and oxygen atoms in total. The highest BCUT2D eigenvalue weighted by atomic mass is 35.5. The van der Waals surface area contributed by atoms with Crippen molar-refractivity contribution in [3.05, 3.63) is 22.2 Å². The molecule has 122 valence electrons. The zero-order valence-electron chi connectivity index (χ0n) is 14.0. The van der Waals surface area contributed by atoms with Crippen LogP contribution in [0, 0.1) is 11.5 Å². The quantitative estimate of drug-likeness (QED) is 0.342. The Morgan fingerprint density at radius 3 is 2.32 bits per heavy atom. The summed E-state index contributed by atoms with van der Waals surface area (Å²) < 4.78 is 21.2. The molecule has 0 fully saturated rings. The molecular formula is C16H23ClO4Si. The third-order valence-electron chi connectivity index (χ3n) is 2.74. The highest BCUT2D eigenvalue weighted by Crippen LogP contribution is 2.37. The average molecular weight is 343 g/mol. The van der Waals surface area contributed by atoms with Crippen molar-refractivity contribution < 1.29 is 18.9 Å². The van der Waals surface area contributed by atoms with Crippen molar-refractivity contribution in [3.8, 4) is 23.0 Å². The fourth-order valence-corrected chi connectivity index (χ4v) is 2.55. The minimum atomic E-state index is -1.55. The van der Waals surface area contributed by atoms with Gasteiger partial charge in [0.25, 0.3) is 0 Å². The van der Waals surface area contributed by atoms with Crippen LogP contribution in [0.4, 0.5) is 0 Å². The van der Waals surface area contributed by atoms with Gasteiger partial charge in [0, 0.05) is 18.7 Å². The Bertz CT molecular complexity index is 570. The van der Waals surface area contributed by atoms with E-state index in [1.807, 2.05) is 0 Å². The molecule has 0 saturated heterocycles. The molecule has 22 heavy (non-hydrogen) atoms. The van der Waals surface area contributed by atoms with Crippen LogP contribution in [0.5, 0.6) is 11.5 Å². The van der Waals surface area contributed by atoms with E-state index >= 15 is 0 Å². The first-order valence-electron chi connectivity index (χ1n) is 6.87. The molecule has 0 bridgehead atoms. The van der Waals surface area contributed by atoms with E-state index in [4.69, 9.17) is 30.5 Å². The van der Waals surface area contributed by atoms with Crippen molar-refractivity contribution in [2.45, 2.75) is 26.2 Å². The molecule has 0 unspecified atom stereocenters. The summed E-state index contributed by atoms with van der Waals surface area (Å²) in [7, 11) is 3.19. The zero-order valence-corrected chi connectivity index (χ0v) is 15.8. The molecule has 0 saturated carbocycles. The Balaban J connectivity index is 3.43. The second-order valence-corrected chi connectivity index (χ2v) is 10.9. The lowest BCUT2D eigenvalue weighted by atomic mass is 10.1. The Kier molecular flexibility index (Phi) is 7.24. The molecule has 0 N–H and O–H groups in total. The summed E-state index contributed by atoms with van der Waals surface area (Å²) in [6, 6.07) is 1.71. The molecule has 0 radical (unpaired) electrons. The Hall–Kier alpha value is -1.19. The minimum Gasteiger partial charge on any atom is -0.496 e. The molecule has 0 aliphatic heterocycles. The predicted molar refractivity (Wildman–Crippen MR) is 91.4 cm³/mol. The first-order chi connectivity index (χ1) is 10.3. The number of halogens is 1. The van der Waals surface area contributed by atoms with Crippen LogP contribution in [0.2, 0.25) is 24.7 Å². The van der Waals surface area contributed by atoms with Gasteiger partial charge in [0.05, 0.1) is 31.4 Å². The van der Waals surface area contributed by atoms with Crippen LogP contribution in [0.1, 0.15) is 11.1 Å². The largest absolute Gasteiger partial charge is 0.496 e. The molecule has 1 aromatic rings. The Morgan fingerprint density at radius 2 is 1.82 bits per heavy atom. The van der Waals surface area contributed by atoms with Crippen LogP contribution in [0.15, 0.2) is 6.07 Å². The van der Waals surface area contributed by atoms with Crippen molar-refractivity contribution >= 4 is 19.7 Å². The van der Waals surface area contributed by atoms with Gasteiger partial charge in [0.15, 0.2) is 5.75 Å². The van der Waals surface area contributed by atoms with Gasteiger partial charge in [-0.05, 0) is 0 Å². The van der Waals surface area contributed by atoms with E-state index in [0.717, 1.165) is 5.56 Å². The Morgan fingerprint density at radius 1 is 1.14 bits per heavy atom. The smallest absolute Gasteiger partial charge is 0.153 e. The Labute approximate surface area is 138 Å². The molecule has 6 heteroatoms. The first-order valence-corrected chi connectivity index (χ1v) is 10.7. The van der Waals surface area contributed by atoms with Gasteiger partial charge >= 0.3 is 0 Å². The molecule has 0 aliphatic rings. The molecule has 0 amide bonds. The molecular weight excluding hydrogens is 320 g/mol. The second kappa shape index (κ2) is 8.44. The average Bonchev–Trinajstić information content (AvgIpc) is 2.45. The van der Waals surface area contributed by atoms with Crippen molar-refractivity contribution in [1.29, 1.82) is 0 Å². The topological polar surface area (TPSA) is 36.9 Å². The van der Waals surface area contributed by atoms with E-state index in [-0.39, 0.29) is 6.79 Å². The van der Waals surface area contributed by atoms with Crippen LogP contribution in [-0.4, -0.2) is 36.2 Å². The zero-order chi connectivity index (χ0) is 16.8. The summed E-state index contributed by atoms with van der Waals surface area (Å²) in [5.41, 5.74) is 4.86. The molecule has 0 spiro atoms. The summed E-state index contributed by atoms with van der Waals surface area (Å²) in [6.45, 7) is 7.02. The van der Waals surface area contributed by atoms with Gasteiger partial charge < -0.3 is 18.9 Å². The molecule has 1 rings (SSSR count). The van der Waals surface area contributed by atoms with Crippen molar-refractivity contribution in [2.75, 3.05) is 28.1 Å². The van der Waals surface area contributed by atoms with Gasteiger partial charge in [-0.3, -0.25) is 0 Å². The van der Waals surface area contributed by atoms with E-state index in [9.17, 15) is 0 Å². The number of ether oxygens (including phenoxy) is 4. The number of hydrogen-bond donors (Lipinski definition) is 0. The lowest BCUT2D eigenvalue weighted by molar-refractivity contribution is -0.0396. The molecule has 0 heterocycles. The lowest BCUT2D eigenvalue weighted by Gasteiger charge is -2.16. The van der Waals surface area contributed by atoms with Crippen LogP contribution in [0.25, 0.3) is 0 Å². The summed E-state index contributed by atoms with van der Waals surface area (Å²) in [5.74, 6) is 4.39.